The number of aryl methyl sites for hydroxylation is 1. The van der Waals surface area contributed by atoms with Gasteiger partial charge in [-0.3, -0.25) is 9.69 Å². The van der Waals surface area contributed by atoms with Crippen molar-refractivity contribution in [2.24, 2.45) is 0 Å². The standard InChI is InChI=1S/C21H25N3O2S/c1-15-7-5-8-16(13-15)20(25)24(12-6-11-23(2)3)21-22-18-14-17(26-4)9-10-19(18)27-21/h5,7-10,13-14H,6,11-12H2,1-4H3. The number of methoxy groups -OCH3 is 1. The lowest BCUT2D eigenvalue weighted by Gasteiger charge is -2.21. The average Bonchev–Trinajstić information content (AvgIpc) is 3.07. The number of carbonyl (C=O) groups excluding carboxylic acids is 1. The van der Waals surface area contributed by atoms with Crippen LogP contribution in [0.5, 0.6) is 5.75 Å². The number of fused-ring (bicyclic) bond motifs is 1. The van der Waals surface area contributed by atoms with Crippen molar-refractivity contribution >= 4 is 32.6 Å². The number of rotatable bonds is 7. The van der Waals surface area contributed by atoms with E-state index in [2.05, 4.69) is 4.90 Å². The number of aromatic nitrogens is 1. The molecule has 6 heteroatoms. The number of benzene rings is 2. The molecule has 0 aliphatic heterocycles. The van der Waals surface area contributed by atoms with Gasteiger partial charge < -0.3 is 9.64 Å². The number of thiazole rings is 1. The van der Waals surface area contributed by atoms with E-state index in [9.17, 15) is 4.79 Å². The van der Waals surface area contributed by atoms with E-state index in [1.165, 1.54) is 11.3 Å². The zero-order valence-corrected chi connectivity index (χ0v) is 17.0. The van der Waals surface area contributed by atoms with Gasteiger partial charge in [-0.2, -0.15) is 0 Å². The van der Waals surface area contributed by atoms with Crippen LogP contribution in [-0.2, 0) is 0 Å². The molecule has 1 aromatic heterocycles. The summed E-state index contributed by atoms with van der Waals surface area (Å²) in [6.07, 6.45) is 0.879. The SMILES string of the molecule is COc1ccc2sc(N(CCCN(C)C)C(=O)c3cccc(C)c3)nc2c1. The molecule has 1 heterocycles. The van der Waals surface area contributed by atoms with Crippen LogP contribution in [0.2, 0.25) is 0 Å². The second kappa shape index (κ2) is 8.50. The van der Waals surface area contributed by atoms with Gasteiger partial charge >= 0.3 is 0 Å². The normalized spacial score (nSPS) is 11.1. The maximum atomic E-state index is 13.2. The van der Waals surface area contributed by atoms with Crippen LogP contribution in [-0.4, -0.2) is 50.1 Å². The van der Waals surface area contributed by atoms with Gasteiger partial charge in [-0.15, -0.1) is 0 Å². The maximum Gasteiger partial charge on any atom is 0.260 e. The summed E-state index contributed by atoms with van der Waals surface area (Å²) in [5.41, 5.74) is 2.61. The van der Waals surface area contributed by atoms with Gasteiger partial charge in [0.2, 0.25) is 0 Å². The first kappa shape index (κ1) is 19.3. The van der Waals surface area contributed by atoms with E-state index < -0.39 is 0 Å². The minimum Gasteiger partial charge on any atom is -0.497 e. The van der Waals surface area contributed by atoms with Gasteiger partial charge in [0, 0.05) is 18.2 Å². The van der Waals surface area contributed by atoms with Gasteiger partial charge in [-0.1, -0.05) is 29.0 Å². The van der Waals surface area contributed by atoms with E-state index in [0.717, 1.165) is 39.6 Å². The fourth-order valence-corrected chi connectivity index (χ4v) is 3.87. The fourth-order valence-electron chi connectivity index (χ4n) is 2.90. The number of ether oxygens (including phenoxy) is 1. The van der Waals surface area contributed by atoms with Crippen LogP contribution in [0.25, 0.3) is 10.2 Å². The van der Waals surface area contributed by atoms with E-state index in [1.807, 2.05) is 63.5 Å². The van der Waals surface area contributed by atoms with Crippen molar-refractivity contribution in [2.75, 3.05) is 39.2 Å². The van der Waals surface area contributed by atoms with Crippen LogP contribution >= 0.6 is 11.3 Å². The molecule has 5 nitrogen and oxygen atoms in total. The molecule has 0 unspecified atom stereocenters. The lowest BCUT2D eigenvalue weighted by Crippen LogP contribution is -2.33. The topological polar surface area (TPSA) is 45.7 Å². The minimum absolute atomic E-state index is 0.0107. The Kier molecular flexibility index (Phi) is 6.08. The number of nitrogens with zero attached hydrogens (tertiary/aromatic N) is 3. The smallest absolute Gasteiger partial charge is 0.260 e. The van der Waals surface area contributed by atoms with Crippen LogP contribution < -0.4 is 9.64 Å². The summed E-state index contributed by atoms with van der Waals surface area (Å²) in [4.78, 5) is 21.9. The average molecular weight is 384 g/mol. The molecule has 3 aromatic rings. The molecular formula is C21H25N3O2S. The lowest BCUT2D eigenvalue weighted by atomic mass is 10.1. The summed E-state index contributed by atoms with van der Waals surface area (Å²) in [7, 11) is 5.72. The quantitative estimate of drug-likeness (QED) is 0.613. The molecule has 0 aliphatic carbocycles. The summed E-state index contributed by atoms with van der Waals surface area (Å²) in [6, 6.07) is 13.5. The summed E-state index contributed by atoms with van der Waals surface area (Å²) in [5, 5.41) is 0.725. The highest BCUT2D eigenvalue weighted by atomic mass is 32.1. The predicted molar refractivity (Wildman–Crippen MR) is 112 cm³/mol. The Hall–Kier alpha value is -2.44. The van der Waals surface area contributed by atoms with E-state index in [-0.39, 0.29) is 5.91 Å². The molecule has 3 rings (SSSR count). The lowest BCUT2D eigenvalue weighted by molar-refractivity contribution is 0.0986. The minimum atomic E-state index is -0.0107. The maximum absolute atomic E-state index is 13.2. The number of hydrogen-bond acceptors (Lipinski definition) is 5. The van der Waals surface area contributed by atoms with Gasteiger partial charge in [0.1, 0.15) is 5.75 Å². The van der Waals surface area contributed by atoms with Gasteiger partial charge in [0.15, 0.2) is 5.13 Å². The van der Waals surface area contributed by atoms with Crippen molar-refractivity contribution in [2.45, 2.75) is 13.3 Å². The van der Waals surface area contributed by atoms with E-state index in [1.54, 1.807) is 12.0 Å². The number of amides is 1. The Bertz CT molecular complexity index is 936. The molecule has 1 amide bonds. The third-order valence-electron chi connectivity index (χ3n) is 4.31. The molecule has 27 heavy (non-hydrogen) atoms. The number of hydrogen-bond donors (Lipinski definition) is 0. The molecule has 0 bridgehead atoms. The van der Waals surface area contributed by atoms with Gasteiger partial charge in [-0.25, -0.2) is 4.98 Å². The summed E-state index contributed by atoms with van der Waals surface area (Å²) in [5.74, 6) is 0.756. The first-order chi connectivity index (χ1) is 13.0. The van der Waals surface area contributed by atoms with Crippen LogP contribution in [0, 0.1) is 6.92 Å². The zero-order valence-electron chi connectivity index (χ0n) is 16.2. The van der Waals surface area contributed by atoms with E-state index in [4.69, 9.17) is 9.72 Å². The highest BCUT2D eigenvalue weighted by Gasteiger charge is 2.21. The van der Waals surface area contributed by atoms with Gasteiger partial charge in [-0.05, 0) is 58.3 Å². The molecule has 0 radical (unpaired) electrons. The molecule has 0 saturated heterocycles. The van der Waals surface area contributed by atoms with Crippen molar-refractivity contribution < 1.29 is 9.53 Å². The van der Waals surface area contributed by atoms with Crippen molar-refractivity contribution in [3.05, 3.63) is 53.6 Å². The van der Waals surface area contributed by atoms with Crippen LogP contribution in [0.3, 0.4) is 0 Å². The highest BCUT2D eigenvalue weighted by Crippen LogP contribution is 2.32. The first-order valence-electron chi connectivity index (χ1n) is 8.96. The Morgan fingerprint density at radius 1 is 1.15 bits per heavy atom. The molecule has 0 aliphatic rings. The molecule has 142 valence electrons. The predicted octanol–water partition coefficient (Wildman–Crippen LogP) is 4.21. The Morgan fingerprint density at radius 2 is 1.96 bits per heavy atom. The van der Waals surface area contributed by atoms with Gasteiger partial charge in [0.25, 0.3) is 5.91 Å². The molecule has 0 saturated carbocycles. The summed E-state index contributed by atoms with van der Waals surface area (Å²) in [6.45, 7) is 3.54. The van der Waals surface area contributed by atoms with Gasteiger partial charge in [0.05, 0.1) is 17.3 Å². The number of carbonyl (C=O) groups is 1. The Balaban J connectivity index is 1.94. The van der Waals surface area contributed by atoms with E-state index >= 15 is 0 Å². The largest absolute Gasteiger partial charge is 0.497 e. The molecule has 0 N–H and O–H groups in total. The summed E-state index contributed by atoms with van der Waals surface area (Å²) < 4.78 is 6.33. The fraction of sp³-hybridized carbons (Fsp3) is 0.333. The third kappa shape index (κ3) is 4.64. The van der Waals surface area contributed by atoms with Crippen LogP contribution in [0.15, 0.2) is 42.5 Å². The van der Waals surface area contributed by atoms with Crippen molar-refractivity contribution in [3.63, 3.8) is 0 Å². The molecule has 0 fully saturated rings. The molecule has 0 atom stereocenters. The second-order valence-electron chi connectivity index (χ2n) is 6.81. The molecule has 0 spiro atoms. The van der Waals surface area contributed by atoms with Crippen molar-refractivity contribution in [1.29, 1.82) is 0 Å². The highest BCUT2D eigenvalue weighted by molar-refractivity contribution is 7.22. The third-order valence-corrected chi connectivity index (χ3v) is 5.37. The first-order valence-corrected chi connectivity index (χ1v) is 9.77. The summed E-state index contributed by atoms with van der Waals surface area (Å²) >= 11 is 1.54. The van der Waals surface area contributed by atoms with Crippen molar-refractivity contribution in [1.82, 2.24) is 9.88 Å². The van der Waals surface area contributed by atoms with Crippen molar-refractivity contribution in [3.8, 4) is 5.75 Å². The molecular weight excluding hydrogens is 358 g/mol. The zero-order chi connectivity index (χ0) is 19.4. The van der Waals surface area contributed by atoms with Crippen LogP contribution in [0.4, 0.5) is 5.13 Å². The van der Waals surface area contributed by atoms with E-state index in [0.29, 0.717) is 12.1 Å². The Morgan fingerprint density at radius 3 is 2.67 bits per heavy atom. The second-order valence-corrected chi connectivity index (χ2v) is 7.82. The Labute approximate surface area is 164 Å². The number of anilines is 1. The van der Waals surface area contributed by atoms with Crippen LogP contribution in [0.1, 0.15) is 22.3 Å². The molecule has 2 aromatic carbocycles. The monoisotopic (exact) mass is 383 g/mol.